The minimum absolute atomic E-state index is 0.178. The number of rotatable bonds is 5. The third-order valence-corrected chi connectivity index (χ3v) is 5.66. The molecule has 3 aromatic rings. The van der Waals surface area contributed by atoms with Crippen LogP contribution in [0.3, 0.4) is 0 Å². The second kappa shape index (κ2) is 8.10. The fraction of sp³-hybridized carbons (Fsp3) is 0.409. The minimum Gasteiger partial charge on any atom is -0.336 e. The second-order valence-corrected chi connectivity index (χ2v) is 7.66. The molecule has 1 aliphatic carbocycles. The van der Waals surface area contributed by atoms with E-state index in [1.54, 1.807) is 6.07 Å². The lowest BCUT2D eigenvalue weighted by Crippen LogP contribution is -2.33. The number of para-hydroxylation sites is 1. The molecule has 0 atom stereocenters. The molecule has 2 heterocycles. The predicted molar refractivity (Wildman–Crippen MR) is 109 cm³/mol. The lowest BCUT2D eigenvalue weighted by atomic mass is 9.94. The van der Waals surface area contributed by atoms with Crippen LogP contribution >= 0.6 is 0 Å². The van der Waals surface area contributed by atoms with E-state index in [9.17, 15) is 4.79 Å². The Morgan fingerprint density at radius 1 is 1.25 bits per heavy atom. The molecule has 0 radical (unpaired) electrons. The Bertz CT molecular complexity index is 976. The van der Waals surface area contributed by atoms with Gasteiger partial charge in [0.25, 0.3) is 11.6 Å². The zero-order valence-corrected chi connectivity index (χ0v) is 16.4. The summed E-state index contributed by atoms with van der Waals surface area (Å²) >= 11 is 0. The van der Waals surface area contributed by atoms with Gasteiger partial charge in [-0.15, -0.1) is 0 Å². The van der Waals surface area contributed by atoms with E-state index in [1.165, 1.54) is 38.3 Å². The summed E-state index contributed by atoms with van der Waals surface area (Å²) in [5.74, 6) is -0.178. The largest absolute Gasteiger partial charge is 0.336 e. The highest BCUT2D eigenvalue weighted by molar-refractivity contribution is 6.06. The summed E-state index contributed by atoms with van der Waals surface area (Å²) in [5, 5.41) is 7.71. The van der Waals surface area contributed by atoms with Crippen LogP contribution in [-0.4, -0.2) is 34.0 Å². The highest BCUT2D eigenvalue weighted by Crippen LogP contribution is 2.25. The summed E-state index contributed by atoms with van der Waals surface area (Å²) in [6.07, 6.45) is 8.01. The van der Waals surface area contributed by atoms with Crippen LogP contribution in [-0.2, 0) is 6.54 Å². The first-order chi connectivity index (χ1) is 13.6. The average Bonchev–Trinajstić information content (AvgIpc) is 3.10. The summed E-state index contributed by atoms with van der Waals surface area (Å²) in [5.41, 5.74) is 3.64. The number of aryl methyl sites for hydroxylation is 1. The average molecular weight is 378 g/mol. The number of benzene rings is 1. The number of carbonyl (C=O) groups is 1. The number of hydrogen-bond donors (Lipinski definition) is 1. The van der Waals surface area contributed by atoms with Crippen LogP contribution in [0.1, 0.15) is 53.7 Å². The lowest BCUT2D eigenvalue weighted by Gasteiger charge is -2.31. The lowest BCUT2D eigenvalue weighted by molar-refractivity contribution is 0.102. The zero-order valence-electron chi connectivity index (χ0n) is 16.4. The van der Waals surface area contributed by atoms with Gasteiger partial charge in [-0.3, -0.25) is 9.69 Å². The van der Waals surface area contributed by atoms with Gasteiger partial charge in [0.15, 0.2) is 0 Å². The van der Waals surface area contributed by atoms with E-state index < -0.39 is 0 Å². The van der Waals surface area contributed by atoms with E-state index in [4.69, 9.17) is 4.52 Å². The summed E-state index contributed by atoms with van der Waals surface area (Å²) < 4.78 is 5.12. The third-order valence-electron chi connectivity index (χ3n) is 5.66. The van der Waals surface area contributed by atoms with Gasteiger partial charge in [-0.05, 0) is 44.5 Å². The normalized spacial score (nSPS) is 15.2. The molecule has 146 valence electrons. The van der Waals surface area contributed by atoms with Crippen molar-refractivity contribution in [3.8, 4) is 0 Å². The first kappa shape index (κ1) is 18.6. The number of hydrogen-bond acceptors (Lipinski definition) is 5. The molecule has 6 nitrogen and oxygen atoms in total. The molecule has 0 bridgehead atoms. The maximum Gasteiger partial charge on any atom is 0.257 e. The number of carbonyl (C=O) groups excluding carboxylic acids is 1. The van der Waals surface area contributed by atoms with Gasteiger partial charge < -0.3 is 9.84 Å². The van der Waals surface area contributed by atoms with Crippen molar-refractivity contribution in [2.24, 2.45) is 0 Å². The van der Waals surface area contributed by atoms with Gasteiger partial charge in [0.1, 0.15) is 0 Å². The summed E-state index contributed by atoms with van der Waals surface area (Å²) in [7, 11) is 2.18. The third kappa shape index (κ3) is 3.92. The van der Waals surface area contributed by atoms with Crippen molar-refractivity contribution in [1.82, 2.24) is 15.0 Å². The van der Waals surface area contributed by atoms with Crippen molar-refractivity contribution in [2.75, 3.05) is 12.4 Å². The molecule has 1 saturated carbocycles. The zero-order chi connectivity index (χ0) is 19.5. The first-order valence-corrected chi connectivity index (χ1v) is 9.93. The molecule has 0 saturated heterocycles. The Morgan fingerprint density at radius 3 is 2.86 bits per heavy atom. The topological polar surface area (TPSA) is 71.3 Å². The Kier molecular flexibility index (Phi) is 5.39. The maximum absolute atomic E-state index is 12.8. The molecular formula is C22H26N4O2. The van der Waals surface area contributed by atoms with Crippen LogP contribution in [0.2, 0.25) is 0 Å². The van der Waals surface area contributed by atoms with Crippen LogP contribution in [0.5, 0.6) is 0 Å². The van der Waals surface area contributed by atoms with Crippen molar-refractivity contribution >= 4 is 22.7 Å². The van der Waals surface area contributed by atoms with E-state index >= 15 is 0 Å². The number of anilines is 1. The van der Waals surface area contributed by atoms with Gasteiger partial charge in [-0.25, -0.2) is 4.98 Å². The predicted octanol–water partition coefficient (Wildman–Crippen LogP) is 4.55. The molecule has 1 N–H and O–H groups in total. The van der Waals surface area contributed by atoms with Crippen molar-refractivity contribution in [3.05, 3.63) is 53.3 Å². The van der Waals surface area contributed by atoms with Gasteiger partial charge >= 0.3 is 0 Å². The van der Waals surface area contributed by atoms with E-state index in [2.05, 4.69) is 33.5 Å². The van der Waals surface area contributed by atoms with Gasteiger partial charge in [0, 0.05) is 24.5 Å². The number of fused-ring (bicyclic) bond motifs is 1. The quantitative estimate of drug-likeness (QED) is 0.705. The fourth-order valence-electron chi connectivity index (χ4n) is 3.96. The summed E-state index contributed by atoms with van der Waals surface area (Å²) in [4.78, 5) is 19.4. The SMILES string of the molecule is Cc1noc2ncc(C(=O)Nc3ccccc3CN(C)C3CCCCC3)cc12. The Labute approximate surface area is 164 Å². The van der Waals surface area contributed by atoms with Crippen LogP contribution in [0, 0.1) is 6.92 Å². The molecule has 1 amide bonds. The number of pyridine rings is 1. The van der Waals surface area contributed by atoms with Gasteiger partial charge in [0.05, 0.1) is 16.6 Å². The minimum atomic E-state index is -0.178. The first-order valence-electron chi connectivity index (χ1n) is 9.93. The number of aromatic nitrogens is 2. The van der Waals surface area contributed by atoms with Gasteiger partial charge in [0.2, 0.25) is 0 Å². The molecule has 0 spiro atoms. The molecule has 4 rings (SSSR count). The Morgan fingerprint density at radius 2 is 2.04 bits per heavy atom. The van der Waals surface area contributed by atoms with E-state index in [0.29, 0.717) is 17.3 Å². The number of amides is 1. The smallest absolute Gasteiger partial charge is 0.257 e. The van der Waals surface area contributed by atoms with Crippen LogP contribution in [0.15, 0.2) is 41.1 Å². The van der Waals surface area contributed by atoms with Crippen molar-refractivity contribution in [3.63, 3.8) is 0 Å². The van der Waals surface area contributed by atoms with Crippen LogP contribution in [0.25, 0.3) is 11.1 Å². The number of nitrogens with one attached hydrogen (secondary N) is 1. The molecule has 0 unspecified atom stereocenters. The summed E-state index contributed by atoms with van der Waals surface area (Å²) in [6, 6.07) is 10.4. The van der Waals surface area contributed by atoms with Crippen molar-refractivity contribution < 1.29 is 9.32 Å². The Balaban J connectivity index is 1.50. The molecule has 1 fully saturated rings. The van der Waals surface area contributed by atoms with E-state index in [1.807, 2.05) is 25.1 Å². The molecule has 0 aliphatic heterocycles. The van der Waals surface area contributed by atoms with Crippen molar-refractivity contribution in [1.29, 1.82) is 0 Å². The highest BCUT2D eigenvalue weighted by Gasteiger charge is 2.19. The van der Waals surface area contributed by atoms with Crippen LogP contribution in [0.4, 0.5) is 5.69 Å². The molecule has 6 heteroatoms. The monoisotopic (exact) mass is 378 g/mol. The second-order valence-electron chi connectivity index (χ2n) is 7.66. The molecular weight excluding hydrogens is 352 g/mol. The van der Waals surface area contributed by atoms with E-state index in [-0.39, 0.29) is 5.91 Å². The highest BCUT2D eigenvalue weighted by atomic mass is 16.5. The van der Waals surface area contributed by atoms with E-state index in [0.717, 1.165) is 28.9 Å². The maximum atomic E-state index is 12.8. The molecule has 2 aromatic heterocycles. The van der Waals surface area contributed by atoms with Gasteiger partial charge in [-0.1, -0.05) is 42.6 Å². The summed E-state index contributed by atoms with van der Waals surface area (Å²) in [6.45, 7) is 2.66. The molecule has 28 heavy (non-hydrogen) atoms. The standard InChI is InChI=1S/C22H26N4O2/c1-15-19-12-17(13-23-22(19)28-25-15)21(27)24-20-11-7-6-8-16(20)14-26(2)18-9-4-3-5-10-18/h6-8,11-13,18H,3-5,9-10,14H2,1-2H3,(H,24,27). The fourth-order valence-corrected chi connectivity index (χ4v) is 3.96. The number of nitrogens with zero attached hydrogens (tertiary/aromatic N) is 3. The van der Waals surface area contributed by atoms with Crippen molar-refractivity contribution in [2.45, 2.75) is 51.6 Å². The van der Waals surface area contributed by atoms with Gasteiger partial charge in [-0.2, -0.15) is 0 Å². The molecule has 1 aliphatic rings. The molecule has 1 aromatic carbocycles. The Hall–Kier alpha value is -2.73. The van der Waals surface area contributed by atoms with Crippen LogP contribution < -0.4 is 5.32 Å².